The van der Waals surface area contributed by atoms with Crippen LogP contribution in [0.1, 0.15) is 39.7 Å². The molecule has 9 nitrogen and oxygen atoms in total. The van der Waals surface area contributed by atoms with Gasteiger partial charge in [-0.05, 0) is 45.7 Å². The molecular weight excluding hydrogens is 372 g/mol. The van der Waals surface area contributed by atoms with E-state index < -0.39 is 15.8 Å². The molecule has 150 valence electrons. The first-order chi connectivity index (χ1) is 12.7. The highest BCUT2D eigenvalue weighted by atomic mass is 32.2. The molecule has 2 rings (SSSR count). The van der Waals surface area contributed by atoms with E-state index in [1.165, 1.54) is 0 Å². The van der Waals surface area contributed by atoms with Gasteiger partial charge in [-0.3, -0.25) is 4.57 Å². The van der Waals surface area contributed by atoms with Crippen LogP contribution in [0.2, 0.25) is 0 Å². The van der Waals surface area contributed by atoms with Crippen LogP contribution in [0.3, 0.4) is 0 Å². The Labute approximate surface area is 158 Å². The third-order valence-corrected chi connectivity index (χ3v) is 5.38. The van der Waals surface area contributed by atoms with E-state index >= 15 is 0 Å². The van der Waals surface area contributed by atoms with Crippen LogP contribution in [0.15, 0.2) is 27.4 Å². The second-order valence-corrected chi connectivity index (χ2v) is 8.50. The first kappa shape index (κ1) is 21.0. The van der Waals surface area contributed by atoms with Gasteiger partial charge in [0.2, 0.25) is 10.0 Å². The normalized spacial score (nSPS) is 11.9. The molecule has 0 unspecified atom stereocenters. The average molecular weight is 398 g/mol. The van der Waals surface area contributed by atoms with E-state index in [1.807, 2.05) is 13.8 Å². The van der Waals surface area contributed by atoms with Gasteiger partial charge in [-0.2, -0.15) is 0 Å². The molecule has 2 amide bonds. The molecule has 10 heteroatoms. The predicted molar refractivity (Wildman–Crippen MR) is 105 cm³/mol. The summed E-state index contributed by atoms with van der Waals surface area (Å²) in [5, 5.41) is 5.38. The van der Waals surface area contributed by atoms with Crippen LogP contribution in [0.25, 0.3) is 11.1 Å². The summed E-state index contributed by atoms with van der Waals surface area (Å²) in [5.74, 6) is -0.376. The average Bonchev–Trinajstić information content (AvgIpc) is 2.93. The van der Waals surface area contributed by atoms with Crippen molar-refractivity contribution in [3.8, 4) is 0 Å². The number of oxazole rings is 1. The molecule has 0 atom stereocenters. The fraction of sp³-hybridized carbons (Fsp3) is 0.529. The van der Waals surface area contributed by atoms with Gasteiger partial charge in [-0.25, -0.2) is 22.7 Å². The zero-order valence-electron chi connectivity index (χ0n) is 15.7. The molecule has 0 fully saturated rings. The molecule has 2 aromatic rings. The van der Waals surface area contributed by atoms with Crippen molar-refractivity contribution >= 4 is 32.8 Å². The van der Waals surface area contributed by atoms with Crippen molar-refractivity contribution in [2.45, 2.75) is 39.7 Å². The largest absolute Gasteiger partial charge is 0.420 e. The van der Waals surface area contributed by atoms with Crippen molar-refractivity contribution < 1.29 is 17.6 Å². The van der Waals surface area contributed by atoms with Crippen LogP contribution >= 0.6 is 0 Å². The van der Waals surface area contributed by atoms with Gasteiger partial charge < -0.3 is 15.1 Å². The second-order valence-electron chi connectivity index (χ2n) is 6.40. The van der Waals surface area contributed by atoms with Crippen molar-refractivity contribution in [1.29, 1.82) is 0 Å². The summed E-state index contributed by atoms with van der Waals surface area (Å²) >= 11 is 0. The predicted octanol–water partition coefficient (Wildman–Crippen LogP) is 2.02. The highest BCUT2D eigenvalue weighted by Crippen LogP contribution is 2.20. The van der Waals surface area contributed by atoms with Crippen molar-refractivity contribution in [3.63, 3.8) is 0 Å². The quantitative estimate of drug-likeness (QED) is 0.558. The zero-order valence-corrected chi connectivity index (χ0v) is 16.6. The van der Waals surface area contributed by atoms with Crippen molar-refractivity contribution in [2.75, 3.05) is 24.2 Å². The van der Waals surface area contributed by atoms with E-state index in [0.29, 0.717) is 42.7 Å². The van der Waals surface area contributed by atoms with Crippen molar-refractivity contribution in [1.82, 2.24) is 14.6 Å². The third kappa shape index (κ3) is 5.83. The lowest BCUT2D eigenvalue weighted by atomic mass is 10.2. The lowest BCUT2D eigenvalue weighted by Crippen LogP contribution is -2.30. The number of unbranched alkanes of at least 4 members (excludes halogenated alkanes) is 1. The number of urea groups is 1. The summed E-state index contributed by atoms with van der Waals surface area (Å²) in [6.07, 6.45) is 1.27. The molecule has 1 heterocycles. The maximum atomic E-state index is 11.9. The van der Waals surface area contributed by atoms with E-state index in [4.69, 9.17) is 4.42 Å². The Kier molecular flexibility index (Phi) is 7.03. The Morgan fingerprint density at radius 2 is 1.93 bits per heavy atom. The van der Waals surface area contributed by atoms with Crippen LogP contribution in [0, 0.1) is 0 Å². The van der Waals surface area contributed by atoms with Gasteiger partial charge in [0.1, 0.15) is 0 Å². The monoisotopic (exact) mass is 398 g/mol. The van der Waals surface area contributed by atoms with Gasteiger partial charge in [0.05, 0.1) is 11.3 Å². The number of fused-ring (bicyclic) bond motifs is 1. The SMILES string of the molecule is CCS(=O)(=O)NCCCCNC(=O)Nc1ccc2c(c1)oc(=O)n2C(C)C. The first-order valence-corrected chi connectivity index (χ1v) is 10.6. The van der Waals surface area contributed by atoms with Crippen molar-refractivity contribution in [2.24, 2.45) is 0 Å². The second kappa shape index (κ2) is 9.05. The number of hydrogen-bond acceptors (Lipinski definition) is 5. The number of hydrogen-bond donors (Lipinski definition) is 3. The molecule has 27 heavy (non-hydrogen) atoms. The van der Waals surface area contributed by atoms with E-state index in [0.717, 1.165) is 0 Å². The molecule has 0 aliphatic heterocycles. The number of benzene rings is 1. The van der Waals surface area contributed by atoms with Gasteiger partial charge >= 0.3 is 11.8 Å². The summed E-state index contributed by atoms with van der Waals surface area (Å²) in [7, 11) is -3.17. The van der Waals surface area contributed by atoms with Gasteiger partial charge in [0.15, 0.2) is 5.58 Å². The lowest BCUT2D eigenvalue weighted by Gasteiger charge is -2.09. The van der Waals surface area contributed by atoms with Crippen LogP contribution in [-0.2, 0) is 10.0 Å². The molecule has 1 aromatic heterocycles. The Hall–Kier alpha value is -2.33. The molecule has 0 aliphatic rings. The highest BCUT2D eigenvalue weighted by Gasteiger charge is 2.13. The molecule has 0 saturated heterocycles. The molecule has 0 aliphatic carbocycles. The van der Waals surface area contributed by atoms with Crippen molar-refractivity contribution in [3.05, 3.63) is 28.7 Å². The van der Waals surface area contributed by atoms with Gasteiger partial charge in [0, 0.05) is 30.9 Å². The van der Waals surface area contributed by atoms with E-state index in [2.05, 4.69) is 15.4 Å². The number of amides is 2. The minimum Gasteiger partial charge on any atom is -0.408 e. The smallest absolute Gasteiger partial charge is 0.408 e. The maximum absolute atomic E-state index is 11.9. The molecule has 0 radical (unpaired) electrons. The minimum atomic E-state index is -3.17. The Balaban J connectivity index is 1.81. The summed E-state index contributed by atoms with van der Waals surface area (Å²) in [5.41, 5.74) is 1.60. The number of nitrogens with zero attached hydrogens (tertiary/aromatic N) is 1. The zero-order chi connectivity index (χ0) is 20.0. The maximum Gasteiger partial charge on any atom is 0.420 e. The number of sulfonamides is 1. The van der Waals surface area contributed by atoms with Crippen LogP contribution < -0.4 is 21.1 Å². The Bertz CT molecular complexity index is 946. The van der Waals surface area contributed by atoms with Gasteiger partial charge in [-0.15, -0.1) is 0 Å². The number of carbonyl (C=O) groups is 1. The van der Waals surface area contributed by atoms with Gasteiger partial charge in [0.25, 0.3) is 0 Å². The molecule has 0 saturated carbocycles. The number of anilines is 1. The number of aromatic nitrogens is 1. The summed E-state index contributed by atoms with van der Waals surface area (Å²) in [6, 6.07) is 4.64. The minimum absolute atomic E-state index is 0.0253. The molecule has 3 N–H and O–H groups in total. The van der Waals surface area contributed by atoms with Crippen LogP contribution in [0.4, 0.5) is 10.5 Å². The number of rotatable bonds is 9. The molecule has 0 bridgehead atoms. The van der Waals surface area contributed by atoms with Gasteiger partial charge in [-0.1, -0.05) is 0 Å². The third-order valence-electron chi connectivity index (χ3n) is 3.98. The molecule has 0 spiro atoms. The lowest BCUT2D eigenvalue weighted by molar-refractivity contribution is 0.252. The number of nitrogens with one attached hydrogen (secondary N) is 3. The summed E-state index contributed by atoms with van der Waals surface area (Å²) < 4.78 is 31.8. The fourth-order valence-corrected chi connectivity index (χ4v) is 3.22. The highest BCUT2D eigenvalue weighted by molar-refractivity contribution is 7.89. The Morgan fingerprint density at radius 1 is 1.22 bits per heavy atom. The topological polar surface area (TPSA) is 122 Å². The fourth-order valence-electron chi connectivity index (χ4n) is 2.56. The molecule has 1 aromatic carbocycles. The number of carbonyl (C=O) groups excluding carboxylic acids is 1. The van der Waals surface area contributed by atoms with Crippen LogP contribution in [-0.4, -0.2) is 37.9 Å². The van der Waals surface area contributed by atoms with E-state index in [-0.39, 0.29) is 17.8 Å². The standard InChI is InChI=1S/C17H26N4O5S/c1-4-27(24,25)19-10-6-5-9-18-16(22)20-13-7-8-14-15(11-13)26-17(23)21(14)12(2)3/h7-8,11-12,19H,4-6,9-10H2,1-3H3,(H2,18,20,22). The summed E-state index contributed by atoms with van der Waals surface area (Å²) in [6.45, 7) is 6.13. The Morgan fingerprint density at radius 3 is 2.59 bits per heavy atom. The van der Waals surface area contributed by atoms with E-state index in [9.17, 15) is 18.0 Å². The first-order valence-electron chi connectivity index (χ1n) is 8.90. The van der Waals surface area contributed by atoms with Crippen LogP contribution in [0.5, 0.6) is 0 Å². The van der Waals surface area contributed by atoms with E-state index in [1.54, 1.807) is 29.7 Å². The molecular formula is C17H26N4O5S. The summed E-state index contributed by atoms with van der Waals surface area (Å²) in [4.78, 5) is 23.8.